The van der Waals surface area contributed by atoms with Crippen molar-refractivity contribution >= 4 is 5.91 Å². The average Bonchev–Trinajstić information content (AvgIpc) is 3.15. The zero-order valence-electron chi connectivity index (χ0n) is 12.6. The number of aromatic amines is 2. The molecule has 2 heterocycles. The van der Waals surface area contributed by atoms with Crippen molar-refractivity contribution < 1.29 is 9.18 Å². The molecule has 0 saturated carbocycles. The number of amides is 1. The summed E-state index contributed by atoms with van der Waals surface area (Å²) in [5.74, 6) is 0.442. The summed E-state index contributed by atoms with van der Waals surface area (Å²) >= 11 is 0. The van der Waals surface area contributed by atoms with Gasteiger partial charge in [-0.1, -0.05) is 12.1 Å². The molecule has 0 radical (unpaired) electrons. The summed E-state index contributed by atoms with van der Waals surface area (Å²) in [4.78, 5) is 16.6. The highest BCUT2D eigenvalue weighted by molar-refractivity contribution is 5.99. The van der Waals surface area contributed by atoms with Gasteiger partial charge in [0.1, 0.15) is 11.6 Å². The lowest BCUT2D eigenvalue weighted by molar-refractivity contribution is 0.0939. The maximum Gasteiger partial charge on any atom is 0.255 e. The van der Waals surface area contributed by atoms with E-state index in [4.69, 9.17) is 0 Å². The molecule has 1 aromatic carbocycles. The van der Waals surface area contributed by atoms with Crippen molar-refractivity contribution in [2.45, 2.75) is 19.9 Å². The molecule has 3 N–H and O–H groups in total. The van der Waals surface area contributed by atoms with Gasteiger partial charge < -0.3 is 5.32 Å². The minimum atomic E-state index is -0.381. The minimum absolute atomic E-state index is 0.328. The first-order valence-electron chi connectivity index (χ1n) is 7.03. The van der Waals surface area contributed by atoms with E-state index in [9.17, 15) is 9.18 Å². The normalized spacial score (nSPS) is 12.1. The van der Waals surface area contributed by atoms with E-state index in [1.54, 1.807) is 26.0 Å². The summed E-state index contributed by atoms with van der Waals surface area (Å²) in [5, 5.41) is 16.2. The summed E-state index contributed by atoms with van der Waals surface area (Å²) in [6.45, 7) is 3.56. The van der Waals surface area contributed by atoms with E-state index in [0.717, 1.165) is 0 Å². The van der Waals surface area contributed by atoms with Gasteiger partial charge in [0, 0.05) is 5.56 Å². The third-order valence-corrected chi connectivity index (χ3v) is 3.35. The third kappa shape index (κ3) is 3.10. The first-order chi connectivity index (χ1) is 11.0. The van der Waals surface area contributed by atoms with Gasteiger partial charge in [0.15, 0.2) is 5.82 Å². The lowest BCUT2D eigenvalue weighted by atomic mass is 10.1. The largest absolute Gasteiger partial charge is 0.342 e. The van der Waals surface area contributed by atoms with Crippen LogP contribution in [-0.2, 0) is 0 Å². The van der Waals surface area contributed by atoms with Gasteiger partial charge in [-0.25, -0.2) is 9.37 Å². The standard InChI is InChI=1S/C15H15FN6O/c1-8(14-19-9(2)20-22-14)18-15(23)12-7-17-21-13(12)10-4-3-5-11(16)6-10/h3-8H,1-2H3,(H,17,21)(H,18,23)(H,19,20,22)/t8-/m0/s1. The fourth-order valence-electron chi connectivity index (χ4n) is 2.21. The first-order valence-corrected chi connectivity index (χ1v) is 7.03. The summed E-state index contributed by atoms with van der Waals surface area (Å²) in [7, 11) is 0. The van der Waals surface area contributed by atoms with E-state index in [0.29, 0.717) is 28.5 Å². The quantitative estimate of drug-likeness (QED) is 0.687. The highest BCUT2D eigenvalue weighted by atomic mass is 19.1. The topological polar surface area (TPSA) is 99.3 Å². The van der Waals surface area contributed by atoms with Gasteiger partial charge >= 0.3 is 0 Å². The Morgan fingerprint density at radius 3 is 2.87 bits per heavy atom. The van der Waals surface area contributed by atoms with Crippen molar-refractivity contribution in [3.8, 4) is 11.3 Å². The van der Waals surface area contributed by atoms with Crippen LogP contribution >= 0.6 is 0 Å². The molecule has 0 fully saturated rings. The first kappa shape index (κ1) is 14.9. The zero-order chi connectivity index (χ0) is 16.4. The summed E-state index contributed by atoms with van der Waals surface area (Å²) in [5.41, 5.74) is 1.34. The SMILES string of the molecule is Cc1nc([C@H](C)NC(=O)c2cn[nH]c2-c2cccc(F)c2)n[nH]1. The predicted octanol–water partition coefficient (Wildman–Crippen LogP) is 2.13. The van der Waals surface area contributed by atoms with Crippen LogP contribution in [0.5, 0.6) is 0 Å². The third-order valence-electron chi connectivity index (χ3n) is 3.35. The zero-order valence-corrected chi connectivity index (χ0v) is 12.6. The second-order valence-corrected chi connectivity index (χ2v) is 5.14. The van der Waals surface area contributed by atoms with Gasteiger partial charge in [-0.15, -0.1) is 0 Å². The molecule has 0 bridgehead atoms. The number of hydrogen-bond acceptors (Lipinski definition) is 4. The van der Waals surface area contributed by atoms with E-state index < -0.39 is 0 Å². The molecule has 3 aromatic rings. The summed E-state index contributed by atoms with van der Waals surface area (Å²) in [6, 6.07) is 5.59. The van der Waals surface area contributed by atoms with Crippen LogP contribution in [0.25, 0.3) is 11.3 Å². The van der Waals surface area contributed by atoms with Crippen molar-refractivity contribution in [2.75, 3.05) is 0 Å². The molecule has 3 rings (SSSR count). The number of halogens is 1. The Labute approximate surface area is 131 Å². The maximum atomic E-state index is 13.4. The fraction of sp³-hybridized carbons (Fsp3) is 0.200. The number of aromatic nitrogens is 5. The van der Waals surface area contributed by atoms with Gasteiger partial charge in [0.2, 0.25) is 0 Å². The number of carbonyl (C=O) groups excluding carboxylic acids is 1. The van der Waals surface area contributed by atoms with Crippen molar-refractivity contribution in [1.82, 2.24) is 30.7 Å². The predicted molar refractivity (Wildman–Crippen MR) is 81.0 cm³/mol. The van der Waals surface area contributed by atoms with Crippen LogP contribution in [0.2, 0.25) is 0 Å². The fourth-order valence-corrected chi connectivity index (χ4v) is 2.21. The maximum absolute atomic E-state index is 13.4. The van der Waals surface area contributed by atoms with Gasteiger partial charge in [-0.3, -0.25) is 15.0 Å². The average molecular weight is 314 g/mol. The molecule has 1 amide bonds. The number of H-pyrrole nitrogens is 2. The summed E-state index contributed by atoms with van der Waals surface area (Å²) in [6.07, 6.45) is 1.41. The monoisotopic (exact) mass is 314 g/mol. The van der Waals surface area contributed by atoms with E-state index >= 15 is 0 Å². The molecular formula is C15H15FN6O. The Bertz CT molecular complexity index is 840. The molecule has 1 atom stereocenters. The number of benzene rings is 1. The van der Waals surface area contributed by atoms with Crippen molar-refractivity contribution in [3.63, 3.8) is 0 Å². The lowest BCUT2D eigenvalue weighted by Gasteiger charge is -2.10. The molecule has 7 nitrogen and oxygen atoms in total. The molecule has 118 valence electrons. The van der Waals surface area contributed by atoms with Crippen LogP contribution in [0, 0.1) is 12.7 Å². The molecule has 0 saturated heterocycles. The van der Waals surface area contributed by atoms with Crippen LogP contribution in [-0.4, -0.2) is 31.3 Å². The number of hydrogen-bond donors (Lipinski definition) is 3. The molecule has 8 heteroatoms. The minimum Gasteiger partial charge on any atom is -0.342 e. The lowest BCUT2D eigenvalue weighted by Crippen LogP contribution is -2.27. The Hall–Kier alpha value is -3.03. The molecule has 2 aromatic heterocycles. The van der Waals surface area contributed by atoms with Gasteiger partial charge in [0.05, 0.1) is 23.5 Å². The highest BCUT2D eigenvalue weighted by Gasteiger charge is 2.19. The molecule has 0 aliphatic heterocycles. The smallest absolute Gasteiger partial charge is 0.255 e. The molecule has 0 spiro atoms. The van der Waals surface area contributed by atoms with Gasteiger partial charge in [-0.05, 0) is 26.0 Å². The van der Waals surface area contributed by atoms with Crippen LogP contribution in [0.3, 0.4) is 0 Å². The Morgan fingerprint density at radius 2 is 2.17 bits per heavy atom. The van der Waals surface area contributed by atoms with Crippen LogP contribution in [0.15, 0.2) is 30.5 Å². The second kappa shape index (κ2) is 5.99. The molecule has 0 aliphatic rings. The number of rotatable bonds is 4. The second-order valence-electron chi connectivity index (χ2n) is 5.14. The number of aryl methyl sites for hydroxylation is 1. The van der Waals surface area contributed by atoms with Crippen molar-refractivity contribution in [2.24, 2.45) is 0 Å². The summed E-state index contributed by atoms with van der Waals surface area (Å²) < 4.78 is 13.4. The van der Waals surface area contributed by atoms with Crippen LogP contribution in [0.1, 0.15) is 35.0 Å². The van der Waals surface area contributed by atoms with Crippen LogP contribution in [0.4, 0.5) is 4.39 Å². The van der Waals surface area contributed by atoms with Crippen molar-refractivity contribution in [1.29, 1.82) is 0 Å². The van der Waals surface area contributed by atoms with Crippen LogP contribution < -0.4 is 5.32 Å². The van der Waals surface area contributed by atoms with Gasteiger partial charge in [-0.2, -0.15) is 10.2 Å². The highest BCUT2D eigenvalue weighted by Crippen LogP contribution is 2.22. The Morgan fingerprint density at radius 1 is 1.35 bits per heavy atom. The van der Waals surface area contributed by atoms with E-state index in [1.807, 2.05) is 0 Å². The molecule has 0 unspecified atom stereocenters. The molecule has 0 aliphatic carbocycles. The number of nitrogens with zero attached hydrogens (tertiary/aromatic N) is 3. The molecule has 23 heavy (non-hydrogen) atoms. The van der Waals surface area contributed by atoms with E-state index in [1.165, 1.54) is 18.3 Å². The van der Waals surface area contributed by atoms with Gasteiger partial charge in [0.25, 0.3) is 5.91 Å². The number of carbonyl (C=O) groups is 1. The Balaban J connectivity index is 1.82. The van der Waals surface area contributed by atoms with E-state index in [-0.39, 0.29) is 17.8 Å². The molecular weight excluding hydrogens is 299 g/mol. The van der Waals surface area contributed by atoms with E-state index in [2.05, 4.69) is 30.7 Å². The Kier molecular flexibility index (Phi) is 3.88. The van der Waals surface area contributed by atoms with Crippen molar-refractivity contribution in [3.05, 3.63) is 53.5 Å². The number of nitrogens with one attached hydrogen (secondary N) is 3.